The quantitative estimate of drug-likeness (QED) is 0.580. The third-order valence-electron chi connectivity index (χ3n) is 4.06. The van der Waals surface area contributed by atoms with Crippen molar-refractivity contribution in [1.82, 2.24) is 5.32 Å². The summed E-state index contributed by atoms with van der Waals surface area (Å²) in [6.07, 6.45) is 1.99. The summed E-state index contributed by atoms with van der Waals surface area (Å²) >= 11 is 1.58. The van der Waals surface area contributed by atoms with Crippen LogP contribution in [0.25, 0.3) is 0 Å². The predicted octanol–water partition coefficient (Wildman–Crippen LogP) is 3.67. The largest absolute Gasteiger partial charge is 0.344 e. The summed E-state index contributed by atoms with van der Waals surface area (Å²) in [5, 5.41) is 16.5. The van der Waals surface area contributed by atoms with E-state index in [2.05, 4.69) is 34.2 Å². The molecule has 1 aliphatic rings. The maximum atomic E-state index is 8.15. The number of benzene rings is 1. The van der Waals surface area contributed by atoms with E-state index in [0.29, 0.717) is 5.84 Å². The molecule has 0 aliphatic carbocycles. The highest BCUT2D eigenvalue weighted by Crippen LogP contribution is 2.33. The minimum Gasteiger partial charge on any atom is -0.344 e. The third kappa shape index (κ3) is 3.46. The highest BCUT2D eigenvalue weighted by atomic mass is 32.1. The molecule has 0 saturated carbocycles. The van der Waals surface area contributed by atoms with Crippen LogP contribution in [0.3, 0.4) is 0 Å². The van der Waals surface area contributed by atoms with Crippen LogP contribution in [0.15, 0.2) is 48.0 Å². The Kier molecular flexibility index (Phi) is 4.79. The van der Waals surface area contributed by atoms with E-state index in [0.717, 1.165) is 36.5 Å². The second kappa shape index (κ2) is 6.98. The number of thiophene rings is 1. The summed E-state index contributed by atoms with van der Waals surface area (Å²) in [5.74, 6) is 0.451. The SMILES string of the molecule is C=C1CCc2cc(NC(=N)c3cccs3)ccc2N1CCNC. The molecule has 0 amide bonds. The molecule has 5 heteroatoms. The summed E-state index contributed by atoms with van der Waals surface area (Å²) in [4.78, 5) is 3.25. The second-order valence-electron chi connectivity index (χ2n) is 5.64. The number of likely N-dealkylation sites (N-methyl/N-ethyl adjacent to an activating group) is 1. The molecule has 1 aromatic carbocycles. The maximum absolute atomic E-state index is 8.15. The second-order valence-corrected chi connectivity index (χ2v) is 6.59. The smallest absolute Gasteiger partial charge is 0.140 e. The molecule has 23 heavy (non-hydrogen) atoms. The van der Waals surface area contributed by atoms with Crippen molar-refractivity contribution < 1.29 is 0 Å². The van der Waals surface area contributed by atoms with Crippen LogP contribution in [0.5, 0.6) is 0 Å². The summed E-state index contributed by atoms with van der Waals surface area (Å²) in [7, 11) is 1.97. The van der Waals surface area contributed by atoms with Crippen LogP contribution >= 0.6 is 11.3 Å². The Labute approximate surface area is 141 Å². The topological polar surface area (TPSA) is 51.2 Å². The van der Waals surface area contributed by atoms with Gasteiger partial charge in [-0.15, -0.1) is 11.3 Å². The predicted molar refractivity (Wildman–Crippen MR) is 99.9 cm³/mol. The summed E-state index contributed by atoms with van der Waals surface area (Å²) in [6, 6.07) is 10.3. The van der Waals surface area contributed by atoms with Crippen molar-refractivity contribution in [2.45, 2.75) is 12.8 Å². The first-order chi connectivity index (χ1) is 11.2. The van der Waals surface area contributed by atoms with Crippen LogP contribution in [0.2, 0.25) is 0 Å². The molecular weight excluding hydrogens is 304 g/mol. The maximum Gasteiger partial charge on any atom is 0.140 e. The Morgan fingerprint density at radius 1 is 1.35 bits per heavy atom. The van der Waals surface area contributed by atoms with Gasteiger partial charge in [-0.25, -0.2) is 0 Å². The van der Waals surface area contributed by atoms with E-state index in [1.165, 1.54) is 16.9 Å². The molecule has 0 fully saturated rings. The van der Waals surface area contributed by atoms with Crippen LogP contribution in [0, 0.1) is 5.41 Å². The molecule has 0 bridgehead atoms. The van der Waals surface area contributed by atoms with Gasteiger partial charge < -0.3 is 15.5 Å². The molecule has 1 aliphatic heterocycles. The van der Waals surface area contributed by atoms with Crippen molar-refractivity contribution in [3.8, 4) is 0 Å². The molecule has 0 atom stereocenters. The lowest BCUT2D eigenvalue weighted by Gasteiger charge is -2.33. The highest BCUT2D eigenvalue weighted by Gasteiger charge is 2.20. The Balaban J connectivity index is 1.79. The summed E-state index contributed by atoms with van der Waals surface area (Å²) in [5.41, 5.74) is 4.71. The highest BCUT2D eigenvalue weighted by molar-refractivity contribution is 7.12. The van der Waals surface area contributed by atoms with Crippen molar-refractivity contribution >= 4 is 28.5 Å². The van der Waals surface area contributed by atoms with E-state index in [4.69, 9.17) is 5.41 Å². The number of fused-ring (bicyclic) bond motifs is 1. The van der Waals surface area contributed by atoms with Gasteiger partial charge in [0.05, 0.1) is 4.88 Å². The van der Waals surface area contributed by atoms with Crippen molar-refractivity contribution in [2.75, 3.05) is 30.4 Å². The molecular formula is C18H22N4S. The molecule has 3 N–H and O–H groups in total. The zero-order chi connectivity index (χ0) is 16.2. The lowest BCUT2D eigenvalue weighted by atomic mass is 9.99. The van der Waals surface area contributed by atoms with Crippen molar-refractivity contribution in [2.24, 2.45) is 0 Å². The monoisotopic (exact) mass is 326 g/mol. The van der Waals surface area contributed by atoms with Gasteiger partial charge in [0, 0.05) is 30.2 Å². The minimum atomic E-state index is 0.451. The van der Waals surface area contributed by atoms with E-state index in [-0.39, 0.29) is 0 Å². The molecule has 0 unspecified atom stereocenters. The minimum absolute atomic E-state index is 0.451. The molecule has 3 rings (SSSR count). The molecule has 2 aromatic rings. The van der Waals surface area contributed by atoms with E-state index in [9.17, 15) is 0 Å². The van der Waals surface area contributed by atoms with Gasteiger partial charge in [0.1, 0.15) is 5.84 Å². The van der Waals surface area contributed by atoms with Crippen LogP contribution in [-0.2, 0) is 6.42 Å². The molecule has 1 aromatic heterocycles. The third-order valence-corrected chi connectivity index (χ3v) is 4.94. The van der Waals surface area contributed by atoms with E-state index >= 15 is 0 Å². The Hall–Kier alpha value is -2.11. The molecule has 0 spiro atoms. The van der Waals surface area contributed by atoms with Gasteiger partial charge >= 0.3 is 0 Å². The number of nitrogens with one attached hydrogen (secondary N) is 3. The van der Waals surface area contributed by atoms with Gasteiger partial charge in [-0.2, -0.15) is 0 Å². The Morgan fingerprint density at radius 3 is 2.96 bits per heavy atom. The fourth-order valence-electron chi connectivity index (χ4n) is 2.84. The van der Waals surface area contributed by atoms with Crippen LogP contribution in [-0.4, -0.2) is 26.0 Å². The normalized spacial score (nSPS) is 13.8. The Bertz CT molecular complexity index is 706. The van der Waals surface area contributed by atoms with Crippen molar-refractivity contribution in [3.63, 3.8) is 0 Å². The standard InChI is InChI=1S/C18H22N4S/c1-13-5-6-14-12-15(21-18(19)17-4-3-11-23-17)7-8-16(14)22(13)10-9-20-2/h3-4,7-8,11-12,20H,1,5-6,9-10H2,2H3,(H2,19,21). The molecule has 120 valence electrons. The zero-order valence-corrected chi connectivity index (χ0v) is 14.2. The van der Waals surface area contributed by atoms with Gasteiger partial charge in [-0.05, 0) is 55.1 Å². The lowest BCUT2D eigenvalue weighted by Crippen LogP contribution is -2.33. The first-order valence-electron chi connectivity index (χ1n) is 7.81. The van der Waals surface area contributed by atoms with Crippen LogP contribution in [0.4, 0.5) is 11.4 Å². The molecule has 0 saturated heterocycles. The van der Waals surface area contributed by atoms with E-state index in [1.54, 1.807) is 11.3 Å². The van der Waals surface area contributed by atoms with Gasteiger partial charge in [0.15, 0.2) is 0 Å². The number of rotatable bonds is 5. The number of nitrogens with zero attached hydrogens (tertiary/aromatic N) is 1. The van der Waals surface area contributed by atoms with Crippen molar-refractivity contribution in [1.29, 1.82) is 5.41 Å². The van der Waals surface area contributed by atoms with Crippen molar-refractivity contribution in [3.05, 3.63) is 58.4 Å². The number of amidine groups is 1. The summed E-state index contributed by atoms with van der Waals surface area (Å²) < 4.78 is 0. The molecule has 0 radical (unpaired) electrons. The lowest BCUT2D eigenvalue weighted by molar-refractivity contribution is 0.726. The van der Waals surface area contributed by atoms with E-state index in [1.807, 2.05) is 30.6 Å². The fourth-order valence-corrected chi connectivity index (χ4v) is 3.47. The van der Waals surface area contributed by atoms with Gasteiger partial charge in [0.25, 0.3) is 0 Å². The number of hydrogen-bond donors (Lipinski definition) is 3. The zero-order valence-electron chi connectivity index (χ0n) is 13.4. The van der Waals surface area contributed by atoms with Crippen LogP contribution in [0.1, 0.15) is 16.9 Å². The van der Waals surface area contributed by atoms with Crippen LogP contribution < -0.4 is 15.5 Å². The number of anilines is 2. The fraction of sp³-hybridized carbons (Fsp3) is 0.278. The van der Waals surface area contributed by atoms with Gasteiger partial charge in [-0.3, -0.25) is 5.41 Å². The molecule has 4 nitrogen and oxygen atoms in total. The summed E-state index contributed by atoms with van der Waals surface area (Å²) in [6.45, 7) is 6.06. The van der Waals surface area contributed by atoms with Gasteiger partial charge in [0.2, 0.25) is 0 Å². The average molecular weight is 326 g/mol. The first-order valence-corrected chi connectivity index (χ1v) is 8.69. The number of aryl methyl sites for hydroxylation is 1. The van der Waals surface area contributed by atoms with E-state index < -0.39 is 0 Å². The average Bonchev–Trinajstić information content (AvgIpc) is 3.09. The first kappa shape index (κ1) is 15.8. The Morgan fingerprint density at radius 2 is 2.22 bits per heavy atom. The number of hydrogen-bond acceptors (Lipinski definition) is 4. The van der Waals surface area contributed by atoms with Gasteiger partial charge in [-0.1, -0.05) is 12.6 Å². The number of allylic oxidation sites excluding steroid dienone is 1. The molecule has 2 heterocycles.